The highest BCUT2D eigenvalue weighted by Crippen LogP contribution is 2.12. The number of aliphatic imine (C=N–C) groups is 1. The zero-order valence-electron chi connectivity index (χ0n) is 13.9. The first-order valence-electron chi connectivity index (χ1n) is 7.60. The topological polar surface area (TPSA) is 48.9 Å². The number of ether oxygens (including phenoxy) is 1. The molecule has 0 heterocycles. The molecule has 0 spiro atoms. The Morgan fingerprint density at radius 1 is 1.32 bits per heavy atom. The lowest BCUT2D eigenvalue weighted by Crippen LogP contribution is -2.44. The fourth-order valence-electron chi connectivity index (χ4n) is 1.77. The lowest BCUT2D eigenvalue weighted by atomic mass is 10.3. The minimum atomic E-state index is -0.264. The van der Waals surface area contributed by atoms with E-state index in [0.29, 0.717) is 12.3 Å². The van der Waals surface area contributed by atoms with E-state index in [1.807, 2.05) is 6.92 Å². The van der Waals surface area contributed by atoms with Crippen molar-refractivity contribution in [1.82, 2.24) is 15.5 Å². The molecule has 1 atom stereocenters. The summed E-state index contributed by atoms with van der Waals surface area (Å²) in [5, 5.41) is 6.47. The smallest absolute Gasteiger partial charge is 0.191 e. The van der Waals surface area contributed by atoms with Crippen molar-refractivity contribution < 1.29 is 9.13 Å². The first-order valence-corrected chi connectivity index (χ1v) is 7.60. The molecule has 0 amide bonds. The average molecular weight is 310 g/mol. The van der Waals surface area contributed by atoms with Crippen LogP contribution < -0.4 is 15.4 Å². The largest absolute Gasteiger partial charge is 0.489 e. The third-order valence-corrected chi connectivity index (χ3v) is 3.26. The van der Waals surface area contributed by atoms with Gasteiger partial charge in [-0.3, -0.25) is 4.99 Å². The van der Waals surface area contributed by atoms with Crippen LogP contribution >= 0.6 is 0 Å². The third kappa shape index (κ3) is 7.26. The van der Waals surface area contributed by atoms with Gasteiger partial charge in [-0.1, -0.05) is 6.92 Å². The zero-order chi connectivity index (χ0) is 16.4. The van der Waals surface area contributed by atoms with E-state index in [1.54, 1.807) is 19.2 Å². The molecule has 0 aliphatic carbocycles. The van der Waals surface area contributed by atoms with E-state index in [0.717, 1.165) is 25.6 Å². The zero-order valence-corrected chi connectivity index (χ0v) is 13.9. The fourth-order valence-corrected chi connectivity index (χ4v) is 1.77. The Labute approximate surface area is 132 Å². The highest BCUT2D eigenvalue weighted by molar-refractivity contribution is 5.79. The Morgan fingerprint density at radius 2 is 2.00 bits per heavy atom. The molecular formula is C16H27FN4O. The van der Waals surface area contributed by atoms with Gasteiger partial charge in [-0.2, -0.15) is 0 Å². The number of hydrogen-bond donors (Lipinski definition) is 2. The van der Waals surface area contributed by atoms with Gasteiger partial charge in [-0.15, -0.1) is 0 Å². The molecule has 0 aromatic heterocycles. The highest BCUT2D eigenvalue weighted by atomic mass is 19.1. The second kappa shape index (κ2) is 10.00. The van der Waals surface area contributed by atoms with Crippen LogP contribution in [0.25, 0.3) is 0 Å². The Bertz CT molecular complexity index is 450. The maximum atomic E-state index is 12.8. The number of hydrogen-bond acceptors (Lipinski definition) is 3. The fraction of sp³-hybridized carbons (Fsp3) is 0.562. The van der Waals surface area contributed by atoms with Crippen molar-refractivity contribution in [2.75, 3.05) is 40.3 Å². The first kappa shape index (κ1) is 18.2. The van der Waals surface area contributed by atoms with Crippen LogP contribution in [0.15, 0.2) is 29.3 Å². The van der Waals surface area contributed by atoms with E-state index >= 15 is 0 Å². The molecule has 2 N–H and O–H groups in total. The van der Waals surface area contributed by atoms with Crippen LogP contribution in [0.4, 0.5) is 4.39 Å². The molecule has 1 aromatic rings. The number of halogens is 1. The van der Waals surface area contributed by atoms with Crippen molar-refractivity contribution in [3.63, 3.8) is 0 Å². The lowest BCUT2D eigenvalue weighted by Gasteiger charge is -2.19. The van der Waals surface area contributed by atoms with Gasteiger partial charge in [0, 0.05) is 20.1 Å². The predicted molar refractivity (Wildman–Crippen MR) is 89.0 cm³/mol. The number of nitrogens with one attached hydrogen (secondary N) is 2. The van der Waals surface area contributed by atoms with Crippen LogP contribution in [0.2, 0.25) is 0 Å². The van der Waals surface area contributed by atoms with Crippen molar-refractivity contribution in [2.24, 2.45) is 4.99 Å². The van der Waals surface area contributed by atoms with E-state index in [9.17, 15) is 4.39 Å². The van der Waals surface area contributed by atoms with Crippen molar-refractivity contribution in [1.29, 1.82) is 0 Å². The average Bonchev–Trinajstić information content (AvgIpc) is 2.52. The molecule has 0 saturated heterocycles. The highest BCUT2D eigenvalue weighted by Gasteiger charge is 2.06. The van der Waals surface area contributed by atoms with Gasteiger partial charge in [-0.25, -0.2) is 4.39 Å². The molecule has 0 radical (unpaired) electrons. The normalized spacial score (nSPS) is 13.1. The number of likely N-dealkylation sites (N-methyl/N-ethyl adjacent to an activating group) is 1. The molecule has 1 rings (SSSR count). The SMILES string of the molecule is CCN(C)CCNC(=NC)NCC(C)Oc1ccc(F)cc1. The summed E-state index contributed by atoms with van der Waals surface area (Å²) in [7, 11) is 3.82. The summed E-state index contributed by atoms with van der Waals surface area (Å²) >= 11 is 0. The van der Waals surface area contributed by atoms with Gasteiger partial charge in [0.2, 0.25) is 0 Å². The third-order valence-electron chi connectivity index (χ3n) is 3.26. The lowest BCUT2D eigenvalue weighted by molar-refractivity contribution is 0.223. The second-order valence-electron chi connectivity index (χ2n) is 5.16. The maximum absolute atomic E-state index is 12.8. The van der Waals surface area contributed by atoms with Gasteiger partial charge in [0.05, 0.1) is 6.54 Å². The molecule has 6 heteroatoms. The predicted octanol–water partition coefficient (Wildman–Crippen LogP) is 1.71. The summed E-state index contributed by atoms with van der Waals surface area (Å²) in [6.45, 7) is 7.50. The number of guanidine groups is 1. The summed E-state index contributed by atoms with van der Waals surface area (Å²) in [4.78, 5) is 6.39. The molecule has 5 nitrogen and oxygen atoms in total. The standard InChI is InChI=1S/C16H27FN4O/c1-5-21(4)11-10-19-16(18-3)20-12-13(2)22-15-8-6-14(17)7-9-15/h6-9,13H,5,10-12H2,1-4H3,(H2,18,19,20). The molecule has 0 aliphatic heterocycles. The number of nitrogens with zero attached hydrogens (tertiary/aromatic N) is 2. The summed E-state index contributed by atoms with van der Waals surface area (Å²) in [5.41, 5.74) is 0. The molecule has 0 aliphatic rings. The summed E-state index contributed by atoms with van der Waals surface area (Å²) in [6.07, 6.45) is -0.0534. The Kier molecular flexibility index (Phi) is 8.28. The van der Waals surface area contributed by atoms with Crippen molar-refractivity contribution in [2.45, 2.75) is 20.0 Å². The summed E-state index contributed by atoms with van der Waals surface area (Å²) in [6, 6.07) is 6.03. The van der Waals surface area contributed by atoms with Crippen LogP contribution in [-0.2, 0) is 0 Å². The number of rotatable bonds is 8. The molecule has 22 heavy (non-hydrogen) atoms. The monoisotopic (exact) mass is 310 g/mol. The van der Waals surface area contributed by atoms with Crippen LogP contribution in [0.1, 0.15) is 13.8 Å². The van der Waals surface area contributed by atoms with Crippen LogP contribution in [0.3, 0.4) is 0 Å². The molecule has 124 valence electrons. The van der Waals surface area contributed by atoms with E-state index < -0.39 is 0 Å². The van der Waals surface area contributed by atoms with Gasteiger partial charge in [0.1, 0.15) is 17.7 Å². The first-order chi connectivity index (χ1) is 10.5. The van der Waals surface area contributed by atoms with Crippen molar-refractivity contribution >= 4 is 5.96 Å². The summed E-state index contributed by atoms with van der Waals surface area (Å²) < 4.78 is 18.5. The molecule has 0 bridgehead atoms. The van der Waals surface area contributed by atoms with Gasteiger partial charge in [0.25, 0.3) is 0 Å². The molecule has 0 fully saturated rings. The minimum absolute atomic E-state index is 0.0534. The van der Waals surface area contributed by atoms with Gasteiger partial charge in [0.15, 0.2) is 5.96 Å². The Hall–Kier alpha value is -1.82. The van der Waals surface area contributed by atoms with E-state index in [1.165, 1.54) is 12.1 Å². The van der Waals surface area contributed by atoms with Gasteiger partial charge in [-0.05, 0) is 44.8 Å². The van der Waals surface area contributed by atoms with Gasteiger partial charge >= 0.3 is 0 Å². The van der Waals surface area contributed by atoms with Crippen molar-refractivity contribution in [3.8, 4) is 5.75 Å². The molecule has 0 saturated carbocycles. The van der Waals surface area contributed by atoms with Gasteiger partial charge < -0.3 is 20.3 Å². The quantitative estimate of drug-likeness (QED) is 0.567. The van der Waals surface area contributed by atoms with Crippen molar-refractivity contribution in [3.05, 3.63) is 30.1 Å². The second-order valence-corrected chi connectivity index (χ2v) is 5.16. The van der Waals surface area contributed by atoms with Crippen LogP contribution in [0, 0.1) is 5.82 Å². The molecule has 1 unspecified atom stereocenters. The van der Waals surface area contributed by atoms with E-state index in [-0.39, 0.29) is 11.9 Å². The maximum Gasteiger partial charge on any atom is 0.191 e. The molecule has 1 aromatic carbocycles. The van der Waals surface area contributed by atoms with Crippen LogP contribution in [-0.4, -0.2) is 57.2 Å². The van der Waals surface area contributed by atoms with E-state index in [2.05, 4.69) is 34.5 Å². The van der Waals surface area contributed by atoms with Crippen LogP contribution in [0.5, 0.6) is 5.75 Å². The summed E-state index contributed by atoms with van der Waals surface area (Å²) in [5.74, 6) is 1.14. The minimum Gasteiger partial charge on any atom is -0.489 e. The van der Waals surface area contributed by atoms with E-state index in [4.69, 9.17) is 4.74 Å². The Balaban J connectivity index is 2.28. The molecular weight excluding hydrogens is 283 g/mol. The number of benzene rings is 1. The Morgan fingerprint density at radius 3 is 2.59 bits per heavy atom.